The van der Waals surface area contributed by atoms with Crippen LogP contribution in [0.15, 0.2) is 77.6 Å². The van der Waals surface area contributed by atoms with Gasteiger partial charge in [0, 0.05) is 32.1 Å². The molecule has 9 heteroatoms. The third-order valence-electron chi connectivity index (χ3n) is 5.77. The van der Waals surface area contributed by atoms with E-state index in [2.05, 4.69) is 13.2 Å². The maximum atomic E-state index is 12.8. The lowest BCUT2D eigenvalue weighted by molar-refractivity contribution is -0.131. The first-order chi connectivity index (χ1) is 15.1. The summed E-state index contributed by atoms with van der Waals surface area (Å²) < 4.78 is 27.1. The zero-order valence-corrected chi connectivity index (χ0v) is 19.1. The summed E-state index contributed by atoms with van der Waals surface area (Å²) in [4.78, 5) is 14.9. The van der Waals surface area contributed by atoms with E-state index in [0.717, 1.165) is 16.1 Å². The summed E-state index contributed by atoms with van der Waals surface area (Å²) in [5.74, 6) is 5.25. The van der Waals surface area contributed by atoms with Gasteiger partial charge in [0.05, 0.1) is 17.1 Å². The van der Waals surface area contributed by atoms with Crippen LogP contribution in [0, 0.1) is 12.8 Å². The van der Waals surface area contributed by atoms with Gasteiger partial charge < -0.3 is 5.11 Å². The molecule has 1 fully saturated rings. The van der Waals surface area contributed by atoms with Gasteiger partial charge in [0.25, 0.3) is 5.91 Å². The fraction of sp³-hybridized carbons (Fsp3) is 0.348. The van der Waals surface area contributed by atoms with E-state index < -0.39 is 15.9 Å². The molecule has 3 N–H and O–H groups in total. The highest BCUT2D eigenvalue weighted by Crippen LogP contribution is 2.30. The van der Waals surface area contributed by atoms with Gasteiger partial charge in [0.1, 0.15) is 5.76 Å². The first-order valence-electron chi connectivity index (χ1n) is 10.4. The van der Waals surface area contributed by atoms with Crippen molar-refractivity contribution in [3.63, 3.8) is 0 Å². The normalized spacial score (nSPS) is 20.4. The molecule has 0 bridgehead atoms. The fourth-order valence-electron chi connectivity index (χ4n) is 3.76. The van der Waals surface area contributed by atoms with Gasteiger partial charge >= 0.3 is 0 Å². The van der Waals surface area contributed by atoms with Crippen LogP contribution >= 0.6 is 0 Å². The van der Waals surface area contributed by atoms with Crippen LogP contribution in [0.3, 0.4) is 0 Å². The number of sulfonamides is 1. The summed E-state index contributed by atoms with van der Waals surface area (Å²) in [6.45, 7) is 10.9. The first kappa shape index (κ1) is 23.9. The number of hydrogen-bond donors (Lipinski definition) is 2. The predicted octanol–water partition coefficient (Wildman–Crippen LogP) is 2.09. The Morgan fingerprint density at radius 3 is 2.44 bits per heavy atom. The highest BCUT2D eigenvalue weighted by Gasteiger charge is 2.31. The molecule has 3 rings (SSSR count). The first-order valence-corrected chi connectivity index (χ1v) is 11.9. The van der Waals surface area contributed by atoms with Crippen LogP contribution in [0.1, 0.15) is 12.0 Å². The highest BCUT2D eigenvalue weighted by molar-refractivity contribution is 7.89. The van der Waals surface area contributed by atoms with Crippen molar-refractivity contribution in [2.24, 2.45) is 11.8 Å². The van der Waals surface area contributed by atoms with Crippen LogP contribution in [0.5, 0.6) is 0 Å². The molecule has 1 atom stereocenters. The smallest absolute Gasteiger partial charge is 0.255 e. The van der Waals surface area contributed by atoms with Gasteiger partial charge in [-0.3, -0.25) is 9.69 Å². The van der Waals surface area contributed by atoms with Gasteiger partial charge in [0.2, 0.25) is 10.0 Å². The Balaban J connectivity index is 1.60. The van der Waals surface area contributed by atoms with E-state index >= 15 is 0 Å². The number of aliphatic hydroxyl groups excluding tert-OH is 1. The van der Waals surface area contributed by atoms with Crippen molar-refractivity contribution in [1.29, 1.82) is 0 Å². The molecule has 1 saturated heterocycles. The molecular formula is C23H30N4O4S. The molecule has 32 heavy (non-hydrogen) atoms. The van der Waals surface area contributed by atoms with E-state index in [1.807, 2.05) is 11.8 Å². The van der Waals surface area contributed by atoms with E-state index in [-0.39, 0.29) is 41.9 Å². The second kappa shape index (κ2) is 9.83. The molecule has 1 aliphatic heterocycles. The van der Waals surface area contributed by atoms with E-state index in [1.165, 1.54) is 4.31 Å². The summed E-state index contributed by atoms with van der Waals surface area (Å²) in [6, 6.07) is 6.77. The van der Waals surface area contributed by atoms with Gasteiger partial charge in [-0.1, -0.05) is 36.4 Å². The number of rotatable bonds is 7. The average Bonchev–Trinajstić information content (AvgIpc) is 2.77. The number of aryl methyl sites for hydroxylation is 1. The molecule has 0 spiro atoms. The molecule has 1 amide bonds. The minimum Gasteiger partial charge on any atom is -0.509 e. The molecule has 1 unspecified atom stereocenters. The summed E-state index contributed by atoms with van der Waals surface area (Å²) in [5.41, 5.74) is 1.94. The molecule has 8 nitrogen and oxygen atoms in total. The Bertz CT molecular complexity index is 1050. The van der Waals surface area contributed by atoms with Crippen LogP contribution in [0.25, 0.3) is 0 Å². The van der Waals surface area contributed by atoms with E-state index in [1.54, 1.807) is 42.5 Å². The van der Waals surface area contributed by atoms with Crippen molar-refractivity contribution in [3.05, 3.63) is 78.2 Å². The molecular weight excluding hydrogens is 428 g/mol. The second-order valence-electron chi connectivity index (χ2n) is 8.01. The Hall–Kier alpha value is -2.72. The molecule has 1 aromatic carbocycles. The summed E-state index contributed by atoms with van der Waals surface area (Å²) >= 11 is 0. The monoisotopic (exact) mass is 458 g/mol. The number of amides is 1. The Kier molecular flexibility index (Phi) is 7.35. The van der Waals surface area contributed by atoms with Crippen molar-refractivity contribution >= 4 is 15.9 Å². The van der Waals surface area contributed by atoms with Gasteiger partial charge in [-0.25, -0.2) is 19.3 Å². The van der Waals surface area contributed by atoms with Crippen molar-refractivity contribution in [1.82, 2.24) is 14.2 Å². The number of carbonyl (C=O) groups is 1. The van der Waals surface area contributed by atoms with Crippen LogP contribution in [0.4, 0.5) is 0 Å². The highest BCUT2D eigenvalue weighted by atomic mass is 32.2. The Morgan fingerprint density at radius 2 is 1.84 bits per heavy atom. The van der Waals surface area contributed by atoms with Gasteiger partial charge in [-0.2, -0.15) is 4.31 Å². The molecule has 172 valence electrons. The van der Waals surface area contributed by atoms with E-state index in [0.29, 0.717) is 19.5 Å². The number of piperazine rings is 1. The van der Waals surface area contributed by atoms with Crippen molar-refractivity contribution in [2.45, 2.75) is 18.2 Å². The number of nitrogens with two attached hydrogens (primary N) is 1. The molecule has 0 radical (unpaired) electrons. The third-order valence-corrected chi connectivity index (χ3v) is 7.69. The maximum absolute atomic E-state index is 12.8. The van der Waals surface area contributed by atoms with Crippen molar-refractivity contribution in [2.75, 3.05) is 32.7 Å². The average molecular weight is 459 g/mol. The lowest BCUT2D eigenvalue weighted by atomic mass is 9.89. The Morgan fingerprint density at radius 1 is 1.22 bits per heavy atom. The van der Waals surface area contributed by atoms with Gasteiger partial charge in [-0.15, -0.1) is 6.58 Å². The third kappa shape index (κ3) is 5.02. The fourth-order valence-corrected chi connectivity index (χ4v) is 5.19. The molecule has 1 heterocycles. The van der Waals surface area contributed by atoms with E-state index in [4.69, 9.17) is 5.84 Å². The molecule has 1 aliphatic carbocycles. The summed E-state index contributed by atoms with van der Waals surface area (Å²) in [7, 11) is -3.57. The summed E-state index contributed by atoms with van der Waals surface area (Å²) in [5, 5.41) is 11.5. The van der Waals surface area contributed by atoms with E-state index in [9.17, 15) is 18.3 Å². The number of carbonyl (C=O) groups excluding carboxylic acids is 1. The topological polar surface area (TPSA) is 107 Å². The van der Waals surface area contributed by atoms with Crippen LogP contribution in [-0.4, -0.2) is 66.4 Å². The zero-order valence-electron chi connectivity index (χ0n) is 18.3. The van der Waals surface area contributed by atoms with Gasteiger partial charge in [0.15, 0.2) is 0 Å². The quantitative estimate of drug-likeness (QED) is 0.280. The molecule has 1 aromatic rings. The summed E-state index contributed by atoms with van der Waals surface area (Å²) in [6.07, 6.45) is 5.46. The lowest BCUT2D eigenvalue weighted by Gasteiger charge is -2.34. The van der Waals surface area contributed by atoms with Gasteiger partial charge in [-0.05, 0) is 37.1 Å². The number of hydrazine groups is 1. The number of hydrogen-bond acceptors (Lipinski definition) is 6. The van der Waals surface area contributed by atoms with Crippen LogP contribution < -0.4 is 5.84 Å². The van der Waals surface area contributed by atoms with Crippen molar-refractivity contribution in [3.8, 4) is 0 Å². The largest absolute Gasteiger partial charge is 0.509 e. The molecule has 2 aliphatic rings. The number of benzene rings is 1. The second-order valence-corrected chi connectivity index (χ2v) is 9.95. The minimum absolute atomic E-state index is 0.0118. The maximum Gasteiger partial charge on any atom is 0.255 e. The van der Waals surface area contributed by atoms with Crippen LogP contribution in [-0.2, 0) is 14.8 Å². The number of aliphatic hydroxyl groups is 1. The zero-order chi connectivity index (χ0) is 23.5. The van der Waals surface area contributed by atoms with Crippen molar-refractivity contribution < 1.29 is 18.3 Å². The predicted molar refractivity (Wildman–Crippen MR) is 124 cm³/mol. The number of nitrogens with zero attached hydrogens (tertiary/aromatic N) is 3. The Labute approximate surface area is 189 Å². The lowest BCUT2D eigenvalue weighted by Crippen LogP contribution is -2.52. The SMILES string of the molecule is C=CCC1C(=C)C=CC(N(N)C(=O)CN2CCN(S(=O)(=O)c3ccc(C)cc3)CC2)=C1O. The standard InChI is InChI=1S/C23H30N4O4S/c1-4-5-20-18(3)8-11-21(23(20)29)27(24)22(28)16-25-12-14-26(15-13-25)32(30,31)19-9-6-17(2)7-10-19/h4,6-11,20,29H,1,3,5,12-16,24H2,2H3. The minimum atomic E-state index is -3.57. The molecule has 0 saturated carbocycles. The molecule has 0 aromatic heterocycles. The number of allylic oxidation sites excluding steroid dienone is 4. The van der Waals surface area contributed by atoms with Crippen LogP contribution in [0.2, 0.25) is 0 Å².